The summed E-state index contributed by atoms with van der Waals surface area (Å²) in [5.74, 6) is -0.927. The number of nitriles is 1. The minimum Gasteiger partial charge on any atom is -0.435 e. The second-order valence-corrected chi connectivity index (χ2v) is 6.29. The average Bonchev–Trinajstić information content (AvgIpc) is 3.19. The molecule has 0 unspecified atom stereocenters. The number of anilines is 1. The molecular formula is C20H17F2N3O3. The van der Waals surface area contributed by atoms with Crippen LogP contribution in [0.2, 0.25) is 0 Å². The third-order valence-electron chi connectivity index (χ3n) is 4.47. The molecule has 144 valence electrons. The highest BCUT2D eigenvalue weighted by atomic mass is 19.3. The average molecular weight is 385 g/mol. The van der Waals surface area contributed by atoms with E-state index in [0.717, 1.165) is 0 Å². The molecule has 0 radical (unpaired) electrons. The zero-order chi connectivity index (χ0) is 20.1. The first-order valence-corrected chi connectivity index (χ1v) is 8.62. The molecule has 1 heterocycles. The van der Waals surface area contributed by atoms with Crippen LogP contribution in [0.3, 0.4) is 0 Å². The molecule has 3 rings (SSSR count). The van der Waals surface area contributed by atoms with Crippen molar-refractivity contribution < 1.29 is 23.1 Å². The van der Waals surface area contributed by atoms with Gasteiger partial charge in [0.15, 0.2) is 0 Å². The number of hydrogen-bond acceptors (Lipinski definition) is 4. The monoisotopic (exact) mass is 385 g/mol. The summed E-state index contributed by atoms with van der Waals surface area (Å²) in [5, 5.41) is 11.9. The second kappa shape index (κ2) is 8.48. The van der Waals surface area contributed by atoms with Gasteiger partial charge in [-0.2, -0.15) is 14.0 Å². The van der Waals surface area contributed by atoms with Crippen molar-refractivity contribution in [1.29, 1.82) is 5.26 Å². The number of halogens is 2. The van der Waals surface area contributed by atoms with Crippen LogP contribution in [0, 0.1) is 17.2 Å². The van der Waals surface area contributed by atoms with E-state index in [1.807, 2.05) is 6.07 Å². The molecule has 0 saturated carbocycles. The molecule has 0 aliphatic carbocycles. The zero-order valence-corrected chi connectivity index (χ0v) is 14.8. The molecule has 0 bridgehead atoms. The molecule has 1 N–H and O–H groups in total. The Bertz CT molecular complexity index is 910. The van der Waals surface area contributed by atoms with Crippen LogP contribution in [0.5, 0.6) is 5.75 Å². The van der Waals surface area contributed by atoms with Crippen molar-refractivity contribution in [3.8, 4) is 11.8 Å². The maximum absolute atomic E-state index is 12.6. The van der Waals surface area contributed by atoms with Gasteiger partial charge < -0.3 is 15.0 Å². The minimum atomic E-state index is -2.91. The molecule has 2 amide bonds. The number of carbonyl (C=O) groups is 2. The highest BCUT2D eigenvalue weighted by Gasteiger charge is 2.32. The first-order valence-electron chi connectivity index (χ1n) is 8.62. The predicted molar refractivity (Wildman–Crippen MR) is 96.9 cm³/mol. The molecule has 1 atom stereocenters. The Balaban J connectivity index is 1.59. The molecular weight excluding hydrogens is 368 g/mol. The van der Waals surface area contributed by atoms with Crippen molar-refractivity contribution >= 4 is 17.5 Å². The fraction of sp³-hybridized carbons (Fsp3) is 0.250. The van der Waals surface area contributed by atoms with E-state index >= 15 is 0 Å². The molecule has 0 aromatic heterocycles. The van der Waals surface area contributed by atoms with Crippen molar-refractivity contribution in [2.75, 3.05) is 18.4 Å². The summed E-state index contributed by atoms with van der Waals surface area (Å²) in [6.07, 6.45) is 0.499. The van der Waals surface area contributed by atoms with Crippen LogP contribution in [0.1, 0.15) is 22.3 Å². The van der Waals surface area contributed by atoms with Crippen LogP contribution in [-0.2, 0) is 4.79 Å². The Hall–Kier alpha value is -3.47. The van der Waals surface area contributed by atoms with Gasteiger partial charge in [-0.1, -0.05) is 12.1 Å². The molecule has 1 saturated heterocycles. The minimum absolute atomic E-state index is 0.00166. The lowest BCUT2D eigenvalue weighted by Crippen LogP contribution is -2.31. The Morgan fingerprint density at radius 3 is 2.57 bits per heavy atom. The van der Waals surface area contributed by atoms with E-state index in [1.54, 1.807) is 29.2 Å². The van der Waals surface area contributed by atoms with Gasteiger partial charge in [0, 0.05) is 18.8 Å². The second-order valence-electron chi connectivity index (χ2n) is 6.29. The van der Waals surface area contributed by atoms with Gasteiger partial charge in [0.1, 0.15) is 5.75 Å². The van der Waals surface area contributed by atoms with E-state index in [4.69, 9.17) is 5.26 Å². The van der Waals surface area contributed by atoms with Crippen molar-refractivity contribution in [2.45, 2.75) is 13.0 Å². The number of ether oxygens (including phenoxy) is 1. The quantitative estimate of drug-likeness (QED) is 0.857. The summed E-state index contributed by atoms with van der Waals surface area (Å²) >= 11 is 0. The van der Waals surface area contributed by atoms with Gasteiger partial charge in [0.05, 0.1) is 23.1 Å². The molecule has 1 aliphatic rings. The maximum atomic E-state index is 12.6. The summed E-state index contributed by atoms with van der Waals surface area (Å²) in [7, 11) is 0. The molecule has 0 spiro atoms. The van der Waals surface area contributed by atoms with Crippen LogP contribution >= 0.6 is 0 Å². The molecule has 6 nitrogen and oxygen atoms in total. The van der Waals surface area contributed by atoms with Crippen molar-refractivity contribution in [1.82, 2.24) is 4.90 Å². The smallest absolute Gasteiger partial charge is 0.387 e. The molecule has 2 aromatic carbocycles. The summed E-state index contributed by atoms with van der Waals surface area (Å²) < 4.78 is 28.6. The van der Waals surface area contributed by atoms with E-state index in [0.29, 0.717) is 29.8 Å². The van der Waals surface area contributed by atoms with Gasteiger partial charge >= 0.3 is 6.61 Å². The topological polar surface area (TPSA) is 82.4 Å². The SMILES string of the molecule is N#Cc1ccccc1C(=O)N1CC[C@H](C(=O)Nc2ccc(OC(F)F)cc2)C1. The zero-order valence-electron chi connectivity index (χ0n) is 14.8. The van der Waals surface area contributed by atoms with Crippen molar-refractivity contribution in [2.24, 2.45) is 5.92 Å². The fourth-order valence-corrected chi connectivity index (χ4v) is 3.06. The highest BCUT2D eigenvalue weighted by Crippen LogP contribution is 2.23. The number of hydrogen-bond donors (Lipinski definition) is 1. The van der Waals surface area contributed by atoms with Gasteiger partial charge in [0.2, 0.25) is 5.91 Å². The summed E-state index contributed by atoms with van der Waals surface area (Å²) in [5.41, 5.74) is 1.07. The van der Waals surface area contributed by atoms with Gasteiger partial charge in [-0.3, -0.25) is 9.59 Å². The summed E-state index contributed by atoms with van der Waals surface area (Å²) in [4.78, 5) is 26.7. The van der Waals surface area contributed by atoms with E-state index in [-0.39, 0.29) is 24.1 Å². The number of amides is 2. The van der Waals surface area contributed by atoms with E-state index in [9.17, 15) is 18.4 Å². The molecule has 1 aliphatic heterocycles. The number of alkyl halides is 2. The number of nitrogens with zero attached hydrogens (tertiary/aromatic N) is 2. The Morgan fingerprint density at radius 2 is 1.89 bits per heavy atom. The number of rotatable bonds is 5. The summed E-state index contributed by atoms with van der Waals surface area (Å²) in [6.45, 7) is -2.25. The lowest BCUT2D eigenvalue weighted by atomic mass is 10.1. The number of likely N-dealkylation sites (tertiary alicyclic amines) is 1. The van der Waals surface area contributed by atoms with Crippen molar-refractivity contribution in [3.05, 3.63) is 59.7 Å². The highest BCUT2D eigenvalue weighted by molar-refractivity contribution is 5.98. The van der Waals surface area contributed by atoms with Gasteiger partial charge in [-0.25, -0.2) is 0 Å². The largest absolute Gasteiger partial charge is 0.435 e. The third-order valence-corrected chi connectivity index (χ3v) is 4.47. The van der Waals surface area contributed by atoms with Crippen LogP contribution in [0.4, 0.5) is 14.5 Å². The van der Waals surface area contributed by atoms with Crippen LogP contribution in [0.25, 0.3) is 0 Å². The first-order chi connectivity index (χ1) is 13.5. The van der Waals surface area contributed by atoms with Gasteiger partial charge in [-0.05, 0) is 42.8 Å². The molecule has 1 fully saturated rings. The Kier molecular flexibility index (Phi) is 5.84. The fourth-order valence-electron chi connectivity index (χ4n) is 3.06. The molecule has 28 heavy (non-hydrogen) atoms. The van der Waals surface area contributed by atoms with E-state index < -0.39 is 12.5 Å². The number of nitrogens with one attached hydrogen (secondary N) is 1. The maximum Gasteiger partial charge on any atom is 0.387 e. The number of benzene rings is 2. The van der Waals surface area contributed by atoms with Gasteiger partial charge in [-0.15, -0.1) is 0 Å². The lowest BCUT2D eigenvalue weighted by molar-refractivity contribution is -0.119. The molecule has 2 aromatic rings. The van der Waals surface area contributed by atoms with Crippen LogP contribution < -0.4 is 10.1 Å². The van der Waals surface area contributed by atoms with Crippen LogP contribution in [-0.4, -0.2) is 36.4 Å². The van der Waals surface area contributed by atoms with Crippen LogP contribution in [0.15, 0.2) is 48.5 Å². The molecule has 8 heteroatoms. The van der Waals surface area contributed by atoms with Crippen molar-refractivity contribution in [3.63, 3.8) is 0 Å². The summed E-state index contributed by atoms with van der Waals surface area (Å²) in [6, 6.07) is 14.2. The lowest BCUT2D eigenvalue weighted by Gasteiger charge is -2.17. The third kappa shape index (κ3) is 4.43. The standard InChI is InChI=1S/C20H17F2N3O3/c21-20(22)28-16-7-5-15(6-8-16)24-18(26)14-9-10-25(12-14)19(27)17-4-2-1-3-13(17)11-23/h1-8,14,20H,9-10,12H2,(H,24,26)/t14-/m0/s1. The normalized spacial score (nSPS) is 15.9. The Labute approximate surface area is 160 Å². The number of carbonyl (C=O) groups excluding carboxylic acids is 2. The van der Waals surface area contributed by atoms with E-state index in [2.05, 4.69) is 10.1 Å². The predicted octanol–water partition coefficient (Wildman–Crippen LogP) is 3.26. The Morgan fingerprint density at radius 1 is 1.18 bits per heavy atom. The van der Waals surface area contributed by atoms with E-state index in [1.165, 1.54) is 24.3 Å². The van der Waals surface area contributed by atoms with Gasteiger partial charge in [0.25, 0.3) is 5.91 Å². The first kappa shape index (κ1) is 19.3.